The number of phenols is 1. The molecule has 13 rings (SSSR count). The number of hydrogen-bond acceptors (Lipinski definition) is 11. The van der Waals surface area contributed by atoms with Gasteiger partial charge in [-0.25, -0.2) is 9.59 Å². The van der Waals surface area contributed by atoms with Gasteiger partial charge in [-0.3, -0.25) is 4.79 Å². The predicted octanol–water partition coefficient (Wildman–Crippen LogP) is 20.9. The van der Waals surface area contributed by atoms with Crippen LogP contribution in [0.4, 0.5) is 0 Å². The van der Waals surface area contributed by atoms with Crippen molar-refractivity contribution in [3.63, 3.8) is 0 Å². The Kier molecular flexibility index (Phi) is 33.7. The summed E-state index contributed by atoms with van der Waals surface area (Å²) < 4.78 is 17.5. The quantitative estimate of drug-likeness (QED) is 0.0360. The normalized spacial score (nSPS) is 36.1. The zero-order valence-corrected chi connectivity index (χ0v) is 75.7. The number of esters is 1. The van der Waals surface area contributed by atoms with E-state index in [2.05, 4.69) is 157 Å². The first kappa shape index (κ1) is 99.6. The molecular weight excluding hydrogens is 1440 g/mol. The Bertz CT molecular complexity index is 3730. The second kappa shape index (κ2) is 38.2. The molecule has 113 heavy (non-hydrogen) atoms. The van der Waals surface area contributed by atoms with Gasteiger partial charge in [0.15, 0.2) is 13.2 Å². The van der Waals surface area contributed by atoms with E-state index in [4.69, 9.17) is 36.0 Å². The number of allylic oxidation sites excluding steroid dienone is 2. The van der Waals surface area contributed by atoms with E-state index < -0.39 is 11.9 Å². The van der Waals surface area contributed by atoms with Gasteiger partial charge in [0.05, 0.1) is 18.8 Å². The van der Waals surface area contributed by atoms with Crippen LogP contribution in [0.5, 0.6) is 17.2 Å². The number of carbonyl (C=O) groups excluding carboxylic acids is 1. The van der Waals surface area contributed by atoms with Crippen LogP contribution in [0.3, 0.4) is 0 Å². The SMILES string of the molecule is C.C.C=C(C)[C@@H]1CC[C@]2(CO)CC[C@]3(C)C(CCC4[C@@]5(C)CC[C@H](O)C(C)(C)C5CC[C@]43C)C12.C=C(C)[C@@H]1CC[C@]2(COC(=O)COc3cc(C)ccc3C(C)C)CC[C@]3(C)C(CCC4[C@@]5(C)CC[C@H](O)C(C)(C)C5CC[C@]43C)C12.Cc1ccc(C(C)C)c(O)c1.Cc1ccc(C(C)C)c(OCC(=O)O)c1.O=C(O)CCl.[Na+].[OH-]. The Hall–Kier alpha value is -3.92. The van der Waals surface area contributed by atoms with Crippen molar-refractivity contribution in [2.45, 2.75) is 319 Å². The standard InChI is InChI=1S/C42H64O4.C30H50O2.C12H16O3.C10H14O.C2H3ClO2.2CH4.Na.H2O/c1-26(2)29-12-11-28(5)23-32(29)45-24-36(44)46-25-42-20-15-30(27(3)4)37(42)31-13-14-34-39(8)18-17-35(43)38(6,7)33(39)16-19-41(34,10)40(31,9)21-22-42;1-19(2)20-10-15-30(18-31)17-16-28(6)21(25(20)30)8-9-23-27(5)13-12-24(32)26(3,4)22(27)11-14-29(23,28)7;1-8(2)10-5-4-9(3)6-11(10)15-7-12(13)14;1-7(2)9-5-4-8(3)6-10(9)11;3-1-2(4)5;;;;/h11-12,23,26,30-31,33-35,37,43H,3,13-22,24-25H2,1-2,4-10H3;20-25,31-32H,1,8-18H2,2-7H3;4-6,8H,7H2,1-3H3,(H,13,14);4-7,11H,1-3H3;1H2,(H,4,5);2*1H4;;1H2/q;;;;;;;+1;/p-1/t30-,31?,33?,34?,35-,37?,39-,40+,41+,42+;20-,21?,22?,23?,24-,25?,27-,28+,29+,30+;;;;;;;/m00......./s1. The summed E-state index contributed by atoms with van der Waals surface area (Å²) in [6, 6.07) is 17.9. The number of hydrogen-bond donors (Lipinski definition) is 6. The predicted molar refractivity (Wildman–Crippen MR) is 458 cm³/mol. The third-order valence-electron chi connectivity index (χ3n) is 33.5. The summed E-state index contributed by atoms with van der Waals surface area (Å²) in [4.78, 5) is 32.9. The number of aliphatic hydroxyl groups excluding tert-OH is 3. The number of ether oxygens (including phenoxy) is 3. The number of aromatic hydroxyl groups is 1. The number of fused-ring (bicyclic) bond motifs is 14. The second-order valence-electron chi connectivity index (χ2n) is 40.8. The molecule has 0 saturated heterocycles. The van der Waals surface area contributed by atoms with Crippen molar-refractivity contribution in [2.75, 3.05) is 32.3 Å². The van der Waals surface area contributed by atoms with Crippen LogP contribution >= 0.6 is 11.6 Å². The van der Waals surface area contributed by atoms with Crippen LogP contribution in [0.1, 0.15) is 319 Å². The molecule has 0 bridgehead atoms. The summed E-state index contributed by atoms with van der Waals surface area (Å²) in [7, 11) is 0. The van der Waals surface area contributed by atoms with Crippen molar-refractivity contribution in [2.24, 2.45) is 113 Å². The Morgan fingerprint density at radius 1 is 0.487 bits per heavy atom. The summed E-state index contributed by atoms with van der Waals surface area (Å²) in [5.41, 5.74) is 11.2. The molecule has 0 amide bonds. The fraction of sp³-hybridized carbons (Fsp3) is 0.745. The third-order valence-corrected chi connectivity index (χ3v) is 33.7. The molecule has 7 N–H and O–H groups in total. The van der Waals surface area contributed by atoms with Gasteiger partial charge in [-0.15, -0.1) is 11.6 Å². The molecule has 634 valence electrons. The maximum absolute atomic E-state index is 13.3. The number of phenolic OH excluding ortho intramolecular Hbond substituents is 1. The number of benzene rings is 3. The molecule has 0 spiro atoms. The van der Waals surface area contributed by atoms with E-state index in [-0.39, 0.29) is 125 Å². The van der Waals surface area contributed by atoms with Crippen LogP contribution < -0.4 is 39.0 Å². The van der Waals surface area contributed by atoms with Gasteiger partial charge >= 0.3 is 47.5 Å². The molecule has 10 aliphatic carbocycles. The van der Waals surface area contributed by atoms with E-state index in [1.54, 1.807) is 6.07 Å². The zero-order valence-electron chi connectivity index (χ0n) is 72.9. The minimum atomic E-state index is -0.980. The van der Waals surface area contributed by atoms with Crippen LogP contribution in [0, 0.1) is 134 Å². The number of aliphatic hydroxyl groups is 3. The molecule has 8 unspecified atom stereocenters. The van der Waals surface area contributed by atoms with E-state index in [0.29, 0.717) is 106 Å². The van der Waals surface area contributed by atoms with Crippen LogP contribution in [0.25, 0.3) is 0 Å². The molecule has 0 radical (unpaired) electrons. The van der Waals surface area contributed by atoms with Gasteiger partial charge in [-0.2, -0.15) is 0 Å². The van der Waals surface area contributed by atoms with E-state index in [9.17, 15) is 34.8 Å². The van der Waals surface area contributed by atoms with Crippen molar-refractivity contribution < 1.29 is 94.3 Å². The third kappa shape index (κ3) is 18.8. The maximum Gasteiger partial charge on any atom is 1.00 e. The largest absolute Gasteiger partial charge is 1.00 e. The Labute approximate surface area is 712 Å². The van der Waals surface area contributed by atoms with E-state index >= 15 is 0 Å². The van der Waals surface area contributed by atoms with Gasteiger partial charge in [0.25, 0.3) is 0 Å². The molecule has 3 aromatic rings. The van der Waals surface area contributed by atoms with Crippen molar-refractivity contribution in [3.8, 4) is 17.2 Å². The van der Waals surface area contributed by atoms with E-state index in [1.807, 2.05) is 50.2 Å². The number of carbonyl (C=O) groups is 3. The number of carboxylic acid groups (broad SMARTS) is 2. The second-order valence-corrected chi connectivity index (χ2v) is 41.0. The summed E-state index contributed by atoms with van der Waals surface area (Å²) in [5.74, 6) is 6.67. The number of rotatable bonds is 15. The zero-order chi connectivity index (χ0) is 80.9. The van der Waals surface area contributed by atoms with Crippen LogP contribution in [-0.4, -0.2) is 98.5 Å². The Balaban J connectivity index is 0.000000293. The number of halogens is 1. The minimum absolute atomic E-state index is 0. The summed E-state index contributed by atoms with van der Waals surface area (Å²) in [6.07, 6.45) is 23.8. The minimum Gasteiger partial charge on any atom is -0.870 e. The maximum atomic E-state index is 13.3. The molecule has 15 heteroatoms. The van der Waals surface area contributed by atoms with Crippen LogP contribution in [-0.2, 0) is 19.1 Å². The summed E-state index contributed by atoms with van der Waals surface area (Å²) >= 11 is 4.74. The van der Waals surface area contributed by atoms with Crippen molar-refractivity contribution >= 4 is 29.5 Å². The van der Waals surface area contributed by atoms with Gasteiger partial charge in [-0.1, -0.05) is 186 Å². The number of carboxylic acids is 2. The van der Waals surface area contributed by atoms with E-state index in [0.717, 1.165) is 89.5 Å². The number of aryl methyl sites for hydroxylation is 3. The van der Waals surface area contributed by atoms with Crippen LogP contribution in [0.2, 0.25) is 0 Å². The molecule has 3 aromatic carbocycles. The van der Waals surface area contributed by atoms with Crippen molar-refractivity contribution in [3.05, 3.63) is 112 Å². The first-order valence-corrected chi connectivity index (χ1v) is 43.0. The Morgan fingerprint density at radius 2 is 0.858 bits per heavy atom. The first-order chi connectivity index (χ1) is 50.8. The van der Waals surface area contributed by atoms with Crippen LogP contribution in [0.15, 0.2) is 78.9 Å². The fourth-order valence-electron chi connectivity index (χ4n) is 27.2. The molecular formula is C98H156ClNaO13. The monoisotopic (exact) mass is 1600 g/mol. The smallest absolute Gasteiger partial charge is 0.870 e. The average molecular weight is 1600 g/mol. The average Bonchev–Trinajstić information content (AvgIpc) is 1.65. The molecule has 0 aliphatic heterocycles. The fourth-order valence-corrected chi connectivity index (χ4v) is 27.2. The van der Waals surface area contributed by atoms with Gasteiger partial charge in [0, 0.05) is 12.0 Å². The molecule has 13 nitrogen and oxygen atoms in total. The van der Waals surface area contributed by atoms with Crippen molar-refractivity contribution in [1.29, 1.82) is 0 Å². The summed E-state index contributed by atoms with van der Waals surface area (Å²) in [5, 5.41) is 58.2. The molecule has 0 heterocycles. The van der Waals surface area contributed by atoms with Gasteiger partial charge in [-0.05, 0) is 340 Å². The first-order valence-electron chi connectivity index (χ1n) is 42.5. The molecule has 10 aliphatic rings. The van der Waals surface area contributed by atoms with Crippen molar-refractivity contribution in [1.82, 2.24) is 0 Å². The van der Waals surface area contributed by atoms with Gasteiger partial charge < -0.3 is 50.3 Å². The molecule has 20 atom stereocenters. The van der Waals surface area contributed by atoms with Gasteiger partial charge in [0.1, 0.15) is 23.1 Å². The summed E-state index contributed by atoms with van der Waals surface area (Å²) in [6.45, 7) is 57.9. The number of alkyl halides is 1. The Morgan fingerprint density at radius 3 is 1.23 bits per heavy atom. The molecule has 10 saturated carbocycles. The van der Waals surface area contributed by atoms with E-state index in [1.165, 1.54) is 101 Å². The molecule has 10 fully saturated rings. The molecule has 0 aromatic heterocycles. The number of aliphatic carboxylic acids is 2. The topological polar surface area (TPSA) is 230 Å². The van der Waals surface area contributed by atoms with Gasteiger partial charge in [0.2, 0.25) is 0 Å².